The minimum absolute atomic E-state index is 0.146. The van der Waals surface area contributed by atoms with Crippen LogP contribution in [0.15, 0.2) is 48.5 Å². The van der Waals surface area contributed by atoms with Gasteiger partial charge in [-0.05, 0) is 67.0 Å². The first-order valence-electron chi connectivity index (χ1n) is 9.20. The van der Waals surface area contributed by atoms with Crippen LogP contribution in [0.2, 0.25) is 0 Å². The van der Waals surface area contributed by atoms with Crippen LogP contribution in [0.4, 0.5) is 11.4 Å². The molecule has 0 unspecified atom stereocenters. The summed E-state index contributed by atoms with van der Waals surface area (Å²) in [7, 11) is 1.65. The van der Waals surface area contributed by atoms with E-state index in [0.29, 0.717) is 36.6 Å². The summed E-state index contributed by atoms with van der Waals surface area (Å²) in [5.74, 6) is 0.547. The van der Waals surface area contributed by atoms with Gasteiger partial charge in [0, 0.05) is 25.1 Å². The highest BCUT2D eigenvalue weighted by atomic mass is 32.1. The summed E-state index contributed by atoms with van der Waals surface area (Å²) in [6, 6.07) is 15.0. The number of hydrogen-bond donors (Lipinski definition) is 2. The normalized spacial score (nSPS) is 14.0. The summed E-state index contributed by atoms with van der Waals surface area (Å²) in [6.07, 6.45) is 2.29. The van der Waals surface area contributed by atoms with Gasteiger partial charge in [-0.3, -0.25) is 14.5 Å². The Bertz CT molecular complexity index is 834. The van der Waals surface area contributed by atoms with Gasteiger partial charge >= 0.3 is 0 Å². The number of hydrogen-bond acceptors (Lipinski definition) is 4. The molecular formula is C21H23N3O3S. The Morgan fingerprint density at radius 2 is 1.68 bits per heavy atom. The molecule has 28 heavy (non-hydrogen) atoms. The lowest BCUT2D eigenvalue weighted by Gasteiger charge is -2.25. The average Bonchev–Trinajstić information content (AvgIpc) is 2.70. The molecule has 0 radical (unpaired) electrons. The molecule has 1 fully saturated rings. The maximum absolute atomic E-state index is 12.0. The molecule has 1 saturated heterocycles. The van der Waals surface area contributed by atoms with E-state index in [-0.39, 0.29) is 11.8 Å². The van der Waals surface area contributed by atoms with E-state index in [1.165, 1.54) is 10.5 Å². The van der Waals surface area contributed by atoms with Crippen molar-refractivity contribution in [3.05, 3.63) is 54.1 Å². The van der Waals surface area contributed by atoms with Crippen molar-refractivity contribution in [1.82, 2.24) is 5.32 Å². The lowest BCUT2D eigenvalue weighted by molar-refractivity contribution is -0.129. The fourth-order valence-electron chi connectivity index (χ4n) is 3.02. The molecule has 7 heteroatoms. The van der Waals surface area contributed by atoms with Gasteiger partial charge in [-0.2, -0.15) is 0 Å². The number of thiocarbonyl (C=S) groups is 1. The van der Waals surface area contributed by atoms with Gasteiger partial charge in [0.15, 0.2) is 5.11 Å². The first kappa shape index (κ1) is 19.8. The van der Waals surface area contributed by atoms with Crippen molar-refractivity contribution in [3.8, 4) is 5.75 Å². The molecule has 1 heterocycles. The van der Waals surface area contributed by atoms with E-state index in [9.17, 15) is 9.59 Å². The van der Waals surface area contributed by atoms with Crippen molar-refractivity contribution in [2.45, 2.75) is 25.7 Å². The number of carbonyl (C=O) groups excluding carboxylic acids is 2. The van der Waals surface area contributed by atoms with Gasteiger partial charge in [-0.25, -0.2) is 0 Å². The van der Waals surface area contributed by atoms with Crippen LogP contribution < -0.4 is 20.3 Å². The topological polar surface area (TPSA) is 70.7 Å². The Hall–Kier alpha value is -2.93. The number of ether oxygens (including phenoxy) is 1. The predicted molar refractivity (Wildman–Crippen MR) is 114 cm³/mol. The van der Waals surface area contributed by atoms with Crippen LogP contribution in [0.1, 0.15) is 24.8 Å². The van der Waals surface area contributed by atoms with Crippen molar-refractivity contribution >= 4 is 40.5 Å². The number of benzene rings is 2. The smallest absolute Gasteiger partial charge is 0.233 e. The summed E-state index contributed by atoms with van der Waals surface area (Å²) >= 11 is 5.33. The Labute approximate surface area is 169 Å². The maximum atomic E-state index is 12.0. The minimum Gasteiger partial charge on any atom is -0.497 e. The number of piperidine rings is 1. The first-order valence-corrected chi connectivity index (χ1v) is 9.61. The Balaban J connectivity index is 1.48. The number of nitrogens with zero attached hydrogens (tertiary/aromatic N) is 1. The number of methoxy groups -OCH3 is 1. The van der Waals surface area contributed by atoms with Gasteiger partial charge in [-0.15, -0.1) is 0 Å². The molecule has 0 aromatic heterocycles. The van der Waals surface area contributed by atoms with Gasteiger partial charge in [0.2, 0.25) is 11.8 Å². The van der Waals surface area contributed by atoms with Gasteiger partial charge in [-0.1, -0.05) is 12.1 Å². The monoisotopic (exact) mass is 397 g/mol. The molecular weight excluding hydrogens is 374 g/mol. The highest BCUT2D eigenvalue weighted by Gasteiger charge is 2.27. The second kappa shape index (κ2) is 9.32. The number of carbonyl (C=O) groups is 2. The lowest BCUT2D eigenvalue weighted by Crippen LogP contribution is -2.40. The second-order valence-corrected chi connectivity index (χ2v) is 6.91. The number of amides is 2. The van der Waals surface area contributed by atoms with Crippen molar-refractivity contribution in [1.29, 1.82) is 0 Å². The van der Waals surface area contributed by atoms with E-state index in [1.807, 2.05) is 36.4 Å². The third-order valence-electron chi connectivity index (χ3n) is 4.52. The molecule has 3 rings (SSSR count). The SMILES string of the molecule is COc1ccc(CCNC(=S)Nc2ccc(N3C(=O)CCCC3=O)cc2)cc1. The quantitative estimate of drug-likeness (QED) is 0.576. The Morgan fingerprint density at radius 1 is 1.04 bits per heavy atom. The number of anilines is 2. The molecule has 1 aliphatic heterocycles. The molecule has 2 aromatic rings. The van der Waals surface area contributed by atoms with Crippen LogP contribution in [-0.2, 0) is 16.0 Å². The zero-order valence-corrected chi connectivity index (χ0v) is 16.6. The van der Waals surface area contributed by atoms with Crippen molar-refractivity contribution in [3.63, 3.8) is 0 Å². The molecule has 1 aliphatic rings. The fraction of sp³-hybridized carbons (Fsp3) is 0.286. The van der Waals surface area contributed by atoms with Gasteiger partial charge in [0.05, 0.1) is 12.8 Å². The molecule has 6 nitrogen and oxygen atoms in total. The third kappa shape index (κ3) is 5.07. The van der Waals surface area contributed by atoms with E-state index < -0.39 is 0 Å². The van der Waals surface area contributed by atoms with Crippen LogP contribution in [-0.4, -0.2) is 30.6 Å². The van der Waals surface area contributed by atoms with E-state index in [2.05, 4.69) is 10.6 Å². The minimum atomic E-state index is -0.146. The molecule has 0 bridgehead atoms. The fourth-order valence-corrected chi connectivity index (χ4v) is 3.24. The molecule has 2 N–H and O–H groups in total. The summed E-state index contributed by atoms with van der Waals surface area (Å²) in [6.45, 7) is 0.701. The summed E-state index contributed by atoms with van der Waals surface area (Å²) < 4.78 is 5.15. The van der Waals surface area contributed by atoms with Crippen LogP contribution in [0.3, 0.4) is 0 Å². The lowest BCUT2D eigenvalue weighted by atomic mass is 10.1. The van der Waals surface area contributed by atoms with Crippen LogP contribution >= 0.6 is 12.2 Å². The summed E-state index contributed by atoms with van der Waals surface area (Å²) in [5, 5.41) is 6.80. The molecule has 0 saturated carbocycles. The van der Waals surface area contributed by atoms with Gasteiger partial charge in [0.1, 0.15) is 5.75 Å². The zero-order chi connectivity index (χ0) is 19.9. The maximum Gasteiger partial charge on any atom is 0.233 e. The highest BCUT2D eigenvalue weighted by molar-refractivity contribution is 7.80. The van der Waals surface area contributed by atoms with Crippen molar-refractivity contribution < 1.29 is 14.3 Å². The molecule has 2 amide bonds. The van der Waals surface area contributed by atoms with Gasteiger partial charge < -0.3 is 15.4 Å². The van der Waals surface area contributed by atoms with Crippen molar-refractivity contribution in [2.24, 2.45) is 0 Å². The average molecular weight is 398 g/mol. The Kier molecular flexibility index (Phi) is 6.60. The summed E-state index contributed by atoms with van der Waals surface area (Å²) in [5.41, 5.74) is 2.58. The zero-order valence-electron chi connectivity index (χ0n) is 15.7. The van der Waals surface area contributed by atoms with Crippen LogP contribution in [0.25, 0.3) is 0 Å². The molecule has 0 aliphatic carbocycles. The van der Waals surface area contributed by atoms with Gasteiger partial charge in [0.25, 0.3) is 0 Å². The van der Waals surface area contributed by atoms with Crippen molar-refractivity contribution in [2.75, 3.05) is 23.9 Å². The number of nitrogens with one attached hydrogen (secondary N) is 2. The van der Waals surface area contributed by atoms with Crippen LogP contribution in [0, 0.1) is 0 Å². The number of rotatable bonds is 6. The molecule has 0 atom stereocenters. The molecule has 2 aromatic carbocycles. The Morgan fingerprint density at radius 3 is 2.29 bits per heavy atom. The first-order chi connectivity index (χ1) is 13.6. The number of imide groups is 1. The van der Waals surface area contributed by atoms with E-state index in [0.717, 1.165) is 17.9 Å². The summed E-state index contributed by atoms with van der Waals surface area (Å²) in [4.78, 5) is 25.2. The predicted octanol–water partition coefficient (Wildman–Crippen LogP) is 3.27. The van der Waals surface area contributed by atoms with E-state index >= 15 is 0 Å². The third-order valence-corrected chi connectivity index (χ3v) is 4.77. The molecule has 0 spiro atoms. The van der Waals surface area contributed by atoms with E-state index in [4.69, 9.17) is 17.0 Å². The largest absolute Gasteiger partial charge is 0.497 e. The highest BCUT2D eigenvalue weighted by Crippen LogP contribution is 2.23. The molecule has 146 valence electrons. The standard InChI is InChI=1S/C21H23N3O3S/c1-27-18-11-5-15(6-12-18)13-14-22-21(28)23-16-7-9-17(10-8-16)24-19(25)3-2-4-20(24)26/h5-12H,2-4,13-14H2,1H3,(H2,22,23,28). The second-order valence-electron chi connectivity index (χ2n) is 6.50. The van der Waals surface area contributed by atoms with Crippen LogP contribution in [0.5, 0.6) is 5.75 Å². The van der Waals surface area contributed by atoms with E-state index in [1.54, 1.807) is 19.2 Å².